The summed E-state index contributed by atoms with van der Waals surface area (Å²) in [4.78, 5) is 31.0. The summed E-state index contributed by atoms with van der Waals surface area (Å²) in [7, 11) is 0. The Bertz CT molecular complexity index is 825. The van der Waals surface area contributed by atoms with Gasteiger partial charge in [-0.3, -0.25) is 14.5 Å². The minimum Gasteiger partial charge on any atom is -0.353 e. The van der Waals surface area contributed by atoms with E-state index in [1.165, 1.54) is 16.9 Å². The van der Waals surface area contributed by atoms with Crippen molar-refractivity contribution in [1.29, 1.82) is 0 Å². The second-order valence-electron chi connectivity index (χ2n) is 8.56. The van der Waals surface area contributed by atoms with Crippen LogP contribution < -0.4 is 11.1 Å². The van der Waals surface area contributed by atoms with E-state index >= 15 is 0 Å². The van der Waals surface area contributed by atoms with Crippen molar-refractivity contribution in [1.82, 2.24) is 15.1 Å². The van der Waals surface area contributed by atoms with E-state index in [4.69, 9.17) is 5.73 Å². The molecule has 2 atom stereocenters. The molecule has 1 fully saturated rings. The standard InChI is InChI=1S/C24H34N4O2S/c1-18(2)16-27(17-19-7-4-3-5-8-19)20-10-13-28(24(30)22-9-6-14-31-22)21(15-20)23(29)26-12-11-25/h3-9,14,18,20-21H,10-13,15-17,25H2,1-2H3,(H,26,29)/t20?,21-/m1/s1. The van der Waals surface area contributed by atoms with Gasteiger partial charge in [0, 0.05) is 38.8 Å². The Morgan fingerprint density at radius 3 is 2.65 bits per heavy atom. The van der Waals surface area contributed by atoms with Gasteiger partial charge in [-0.2, -0.15) is 0 Å². The van der Waals surface area contributed by atoms with Crippen molar-refractivity contribution >= 4 is 23.2 Å². The average Bonchev–Trinajstić information content (AvgIpc) is 3.31. The van der Waals surface area contributed by atoms with Crippen molar-refractivity contribution in [3.63, 3.8) is 0 Å². The van der Waals surface area contributed by atoms with Crippen LogP contribution in [0.2, 0.25) is 0 Å². The first kappa shape index (κ1) is 23.4. The average molecular weight is 443 g/mol. The van der Waals surface area contributed by atoms with Crippen LogP contribution in [-0.4, -0.2) is 59.9 Å². The van der Waals surface area contributed by atoms with Crippen LogP contribution in [0, 0.1) is 5.92 Å². The number of hydrogen-bond donors (Lipinski definition) is 2. The van der Waals surface area contributed by atoms with E-state index in [9.17, 15) is 9.59 Å². The molecule has 168 valence electrons. The number of nitrogens with zero attached hydrogens (tertiary/aromatic N) is 2. The Kier molecular flexibility index (Phi) is 8.63. The van der Waals surface area contributed by atoms with Crippen molar-refractivity contribution in [2.45, 2.75) is 45.3 Å². The number of nitrogens with one attached hydrogen (secondary N) is 1. The van der Waals surface area contributed by atoms with Gasteiger partial charge in [-0.15, -0.1) is 11.3 Å². The van der Waals surface area contributed by atoms with E-state index in [2.05, 4.69) is 48.3 Å². The van der Waals surface area contributed by atoms with Gasteiger partial charge in [0.15, 0.2) is 0 Å². The van der Waals surface area contributed by atoms with Crippen molar-refractivity contribution in [2.75, 3.05) is 26.2 Å². The molecular weight excluding hydrogens is 408 g/mol. The van der Waals surface area contributed by atoms with Gasteiger partial charge in [-0.1, -0.05) is 50.2 Å². The van der Waals surface area contributed by atoms with Crippen LogP contribution in [0.5, 0.6) is 0 Å². The number of likely N-dealkylation sites (tertiary alicyclic amines) is 1. The van der Waals surface area contributed by atoms with E-state index < -0.39 is 6.04 Å². The normalized spacial score (nSPS) is 19.1. The Morgan fingerprint density at radius 2 is 2.00 bits per heavy atom. The maximum atomic E-state index is 13.1. The summed E-state index contributed by atoms with van der Waals surface area (Å²) >= 11 is 1.42. The summed E-state index contributed by atoms with van der Waals surface area (Å²) in [5.74, 6) is 0.350. The van der Waals surface area contributed by atoms with Crippen LogP contribution in [0.15, 0.2) is 47.8 Å². The fraction of sp³-hybridized carbons (Fsp3) is 0.500. The predicted octanol–water partition coefficient (Wildman–Crippen LogP) is 2.95. The van der Waals surface area contributed by atoms with Gasteiger partial charge in [-0.25, -0.2) is 0 Å². The maximum Gasteiger partial charge on any atom is 0.264 e. The first-order chi connectivity index (χ1) is 15.0. The van der Waals surface area contributed by atoms with Crippen molar-refractivity contribution in [3.05, 3.63) is 58.3 Å². The van der Waals surface area contributed by atoms with Gasteiger partial charge >= 0.3 is 0 Å². The van der Waals surface area contributed by atoms with Crippen molar-refractivity contribution in [2.24, 2.45) is 11.7 Å². The summed E-state index contributed by atoms with van der Waals surface area (Å²) in [6, 6.07) is 13.9. The molecule has 0 aliphatic carbocycles. The number of carbonyl (C=O) groups is 2. The van der Waals surface area contributed by atoms with E-state index in [1.807, 2.05) is 23.6 Å². The predicted molar refractivity (Wildman–Crippen MR) is 126 cm³/mol. The summed E-state index contributed by atoms with van der Waals surface area (Å²) < 4.78 is 0. The molecule has 2 amide bonds. The summed E-state index contributed by atoms with van der Waals surface area (Å²) in [6.07, 6.45) is 1.49. The molecule has 0 saturated carbocycles. The number of benzene rings is 1. The molecule has 6 nitrogen and oxygen atoms in total. The Balaban J connectivity index is 1.79. The number of hydrogen-bond acceptors (Lipinski definition) is 5. The van der Waals surface area contributed by atoms with E-state index in [1.54, 1.807) is 4.90 Å². The molecule has 0 spiro atoms. The molecule has 1 aliphatic rings. The van der Waals surface area contributed by atoms with Gasteiger partial charge in [0.05, 0.1) is 4.88 Å². The minimum atomic E-state index is -0.481. The Morgan fingerprint density at radius 1 is 1.23 bits per heavy atom. The first-order valence-corrected chi connectivity index (χ1v) is 12.0. The summed E-state index contributed by atoms with van der Waals surface area (Å²) in [5, 5.41) is 4.81. The second-order valence-corrected chi connectivity index (χ2v) is 9.51. The van der Waals surface area contributed by atoms with Crippen molar-refractivity contribution in [3.8, 4) is 0 Å². The number of carbonyl (C=O) groups excluding carboxylic acids is 2. The lowest BCUT2D eigenvalue weighted by atomic mass is 9.93. The quantitative estimate of drug-likeness (QED) is 0.626. The number of nitrogens with two attached hydrogens (primary N) is 1. The topological polar surface area (TPSA) is 78.7 Å². The molecule has 31 heavy (non-hydrogen) atoms. The van der Waals surface area contributed by atoms with Gasteiger partial charge in [-0.05, 0) is 35.8 Å². The molecule has 2 heterocycles. The lowest BCUT2D eigenvalue weighted by molar-refractivity contribution is -0.127. The molecule has 2 aromatic rings. The number of piperidine rings is 1. The third-order valence-corrected chi connectivity index (χ3v) is 6.52. The van der Waals surface area contributed by atoms with Crippen molar-refractivity contribution < 1.29 is 9.59 Å². The Hall–Kier alpha value is -2.22. The molecule has 3 rings (SSSR count). The minimum absolute atomic E-state index is 0.0557. The van der Waals surface area contributed by atoms with Gasteiger partial charge in [0.1, 0.15) is 6.04 Å². The fourth-order valence-corrected chi connectivity index (χ4v) is 4.93. The molecule has 0 radical (unpaired) electrons. The molecule has 1 aliphatic heterocycles. The summed E-state index contributed by atoms with van der Waals surface area (Å²) in [5.41, 5.74) is 6.86. The number of thiophene rings is 1. The van der Waals surface area contributed by atoms with Crippen LogP contribution in [0.3, 0.4) is 0 Å². The Labute approximate surface area is 189 Å². The smallest absolute Gasteiger partial charge is 0.264 e. The molecule has 1 unspecified atom stereocenters. The molecule has 1 aromatic carbocycles. The third-order valence-electron chi connectivity index (χ3n) is 5.66. The van der Waals surface area contributed by atoms with Gasteiger partial charge in [0.2, 0.25) is 5.91 Å². The lowest BCUT2D eigenvalue weighted by Gasteiger charge is -2.43. The molecule has 7 heteroatoms. The van der Waals surface area contributed by atoms with Gasteiger partial charge < -0.3 is 16.0 Å². The SMILES string of the molecule is CC(C)CN(Cc1ccccc1)C1CCN(C(=O)c2cccs2)[C@@H](C(=O)NCCN)C1. The molecule has 1 aromatic heterocycles. The van der Waals surface area contributed by atoms with Crippen LogP contribution in [0.4, 0.5) is 0 Å². The second kappa shape index (κ2) is 11.4. The first-order valence-electron chi connectivity index (χ1n) is 11.1. The maximum absolute atomic E-state index is 13.1. The summed E-state index contributed by atoms with van der Waals surface area (Å²) in [6.45, 7) is 7.62. The lowest BCUT2D eigenvalue weighted by Crippen LogP contribution is -2.57. The van der Waals surface area contributed by atoms with Gasteiger partial charge in [0.25, 0.3) is 5.91 Å². The van der Waals surface area contributed by atoms with Crippen LogP contribution in [0.1, 0.15) is 41.9 Å². The zero-order valence-electron chi connectivity index (χ0n) is 18.5. The largest absolute Gasteiger partial charge is 0.353 e. The zero-order valence-corrected chi connectivity index (χ0v) is 19.3. The third kappa shape index (κ3) is 6.38. The number of amides is 2. The molecule has 1 saturated heterocycles. The highest BCUT2D eigenvalue weighted by Crippen LogP contribution is 2.27. The molecular formula is C24H34N4O2S. The van der Waals surface area contributed by atoms with Crippen LogP contribution >= 0.6 is 11.3 Å². The highest BCUT2D eigenvalue weighted by Gasteiger charge is 2.38. The highest BCUT2D eigenvalue weighted by molar-refractivity contribution is 7.12. The van der Waals surface area contributed by atoms with E-state index in [0.29, 0.717) is 36.9 Å². The monoisotopic (exact) mass is 442 g/mol. The van der Waals surface area contributed by atoms with Crippen LogP contribution in [-0.2, 0) is 11.3 Å². The molecule has 3 N–H and O–H groups in total. The number of rotatable bonds is 9. The van der Waals surface area contributed by atoms with E-state index in [0.717, 1.165) is 19.5 Å². The fourth-order valence-electron chi connectivity index (χ4n) is 4.25. The zero-order chi connectivity index (χ0) is 22.2. The van der Waals surface area contributed by atoms with Crippen LogP contribution in [0.25, 0.3) is 0 Å². The van der Waals surface area contributed by atoms with E-state index in [-0.39, 0.29) is 17.9 Å². The molecule has 0 bridgehead atoms. The highest BCUT2D eigenvalue weighted by atomic mass is 32.1.